The second-order valence-electron chi connectivity index (χ2n) is 7.43. The number of H-pyrrole nitrogens is 1. The average Bonchev–Trinajstić information content (AvgIpc) is 3.29. The molecule has 164 valence electrons. The number of carbonyl (C=O) groups is 1. The first kappa shape index (κ1) is 20.0. The highest BCUT2D eigenvalue weighted by Crippen LogP contribution is 2.38. The third kappa shape index (κ3) is 3.08. The van der Waals surface area contributed by atoms with Gasteiger partial charge in [-0.2, -0.15) is 22.8 Å². The van der Waals surface area contributed by atoms with Crippen molar-refractivity contribution < 1.29 is 22.4 Å². The van der Waals surface area contributed by atoms with Crippen LogP contribution in [0.5, 0.6) is 0 Å². The number of rotatable bonds is 2. The first-order valence-corrected chi connectivity index (χ1v) is 9.82. The molecule has 32 heavy (non-hydrogen) atoms. The molecule has 5 rings (SSSR count). The minimum absolute atomic E-state index is 0.0674. The molecule has 0 aliphatic carbocycles. The summed E-state index contributed by atoms with van der Waals surface area (Å²) in [4.78, 5) is 32.5. The Kier molecular flexibility index (Phi) is 4.43. The van der Waals surface area contributed by atoms with Crippen LogP contribution in [0.3, 0.4) is 0 Å². The van der Waals surface area contributed by atoms with Crippen LogP contribution in [0.15, 0.2) is 39.5 Å². The third-order valence-electron chi connectivity index (χ3n) is 5.30. The third-order valence-corrected chi connectivity index (χ3v) is 5.30. The number of aryl methyl sites for hydroxylation is 2. The lowest BCUT2D eigenvalue weighted by atomic mass is 10.1. The van der Waals surface area contributed by atoms with Crippen molar-refractivity contribution in [1.29, 1.82) is 0 Å². The molecule has 0 fully saturated rings. The molecule has 0 atom stereocenters. The molecule has 0 unspecified atom stereocenters. The van der Waals surface area contributed by atoms with Crippen molar-refractivity contribution in [2.75, 3.05) is 6.54 Å². The topological polar surface area (TPSA) is 105 Å². The van der Waals surface area contributed by atoms with Gasteiger partial charge in [-0.3, -0.25) is 9.59 Å². The van der Waals surface area contributed by atoms with Gasteiger partial charge in [0.05, 0.1) is 5.56 Å². The maximum atomic E-state index is 13.8. The molecule has 4 aromatic rings. The van der Waals surface area contributed by atoms with E-state index in [0.717, 1.165) is 0 Å². The van der Waals surface area contributed by atoms with Gasteiger partial charge in [-0.25, -0.2) is 4.98 Å². The van der Waals surface area contributed by atoms with Gasteiger partial charge >= 0.3 is 6.18 Å². The van der Waals surface area contributed by atoms with E-state index in [2.05, 4.69) is 20.4 Å². The number of amides is 1. The Balaban J connectivity index is 1.78. The first-order chi connectivity index (χ1) is 15.3. The van der Waals surface area contributed by atoms with Crippen LogP contribution in [0.2, 0.25) is 0 Å². The smallest absolute Gasteiger partial charge is 0.435 e. The predicted octanol–water partition coefficient (Wildman–Crippen LogP) is 3.35. The Morgan fingerprint density at radius 1 is 1.12 bits per heavy atom. The molecule has 3 aromatic heterocycles. The van der Waals surface area contributed by atoms with Crippen molar-refractivity contribution in [3.63, 3.8) is 0 Å². The van der Waals surface area contributed by atoms with E-state index in [4.69, 9.17) is 4.42 Å². The fourth-order valence-corrected chi connectivity index (χ4v) is 3.86. The average molecular weight is 443 g/mol. The van der Waals surface area contributed by atoms with E-state index >= 15 is 0 Å². The number of fused-ring (bicyclic) bond motifs is 2. The van der Waals surface area contributed by atoms with Crippen LogP contribution in [0.1, 0.15) is 34.1 Å². The number of benzene rings is 1. The second-order valence-corrected chi connectivity index (χ2v) is 7.43. The lowest BCUT2D eigenvalue weighted by Crippen LogP contribution is -2.23. The maximum absolute atomic E-state index is 13.8. The number of hydrogen-bond acceptors (Lipinski definition) is 5. The summed E-state index contributed by atoms with van der Waals surface area (Å²) in [5.41, 5.74) is -1.86. The lowest BCUT2D eigenvalue weighted by molar-refractivity contribution is -0.140. The molecule has 0 saturated heterocycles. The lowest BCUT2D eigenvalue weighted by Gasteiger charge is -2.07. The molecule has 0 radical (unpaired) electrons. The monoisotopic (exact) mass is 443 g/mol. The summed E-state index contributed by atoms with van der Waals surface area (Å²) in [6.45, 7) is 2.00. The molecular weight excluding hydrogens is 427 g/mol. The maximum Gasteiger partial charge on any atom is 0.435 e. The quantitative estimate of drug-likeness (QED) is 0.494. The first-order valence-electron chi connectivity index (χ1n) is 9.82. The highest BCUT2D eigenvalue weighted by molar-refractivity contribution is 5.94. The van der Waals surface area contributed by atoms with Crippen molar-refractivity contribution in [2.24, 2.45) is 0 Å². The number of nitrogens with zero attached hydrogens (tertiary/aromatic N) is 3. The minimum atomic E-state index is -4.79. The number of oxazole rings is 1. The van der Waals surface area contributed by atoms with Crippen molar-refractivity contribution in [1.82, 2.24) is 24.9 Å². The highest BCUT2D eigenvalue weighted by atomic mass is 19.4. The summed E-state index contributed by atoms with van der Waals surface area (Å²) in [5.74, 6) is -0.235. The summed E-state index contributed by atoms with van der Waals surface area (Å²) in [7, 11) is 0. The van der Waals surface area contributed by atoms with Gasteiger partial charge in [-0.1, -0.05) is 30.3 Å². The molecule has 8 nitrogen and oxygen atoms in total. The zero-order chi connectivity index (χ0) is 22.6. The molecule has 1 aliphatic rings. The van der Waals surface area contributed by atoms with Gasteiger partial charge < -0.3 is 14.7 Å². The highest BCUT2D eigenvalue weighted by Gasteiger charge is 2.39. The van der Waals surface area contributed by atoms with Crippen LogP contribution in [0.4, 0.5) is 13.2 Å². The number of nitrogens with one attached hydrogen (secondary N) is 2. The van der Waals surface area contributed by atoms with E-state index in [1.54, 1.807) is 18.2 Å². The predicted molar refractivity (Wildman–Crippen MR) is 107 cm³/mol. The largest absolute Gasteiger partial charge is 0.440 e. The Bertz CT molecular complexity index is 1420. The summed E-state index contributed by atoms with van der Waals surface area (Å²) in [5, 5.41) is 6.28. The normalized spacial score (nSPS) is 14.3. The fraction of sp³-hybridized carbons (Fsp3) is 0.238. The number of aromatic nitrogens is 4. The second kappa shape index (κ2) is 7.08. The summed E-state index contributed by atoms with van der Waals surface area (Å²) < 4.78 is 47.7. The van der Waals surface area contributed by atoms with Crippen LogP contribution in [-0.2, 0) is 12.6 Å². The number of alkyl halides is 3. The summed E-state index contributed by atoms with van der Waals surface area (Å²) in [6, 6.07) is 7.90. The van der Waals surface area contributed by atoms with E-state index in [-0.39, 0.29) is 39.6 Å². The molecule has 11 heteroatoms. The summed E-state index contributed by atoms with van der Waals surface area (Å²) >= 11 is 0. The molecule has 2 N–H and O–H groups in total. The van der Waals surface area contributed by atoms with E-state index in [1.807, 2.05) is 0 Å². The van der Waals surface area contributed by atoms with E-state index < -0.39 is 23.3 Å². The molecular formula is C21H16F3N5O3. The molecule has 0 saturated carbocycles. The molecule has 1 amide bonds. The zero-order valence-electron chi connectivity index (χ0n) is 16.7. The number of hydrogen-bond donors (Lipinski definition) is 2. The molecule has 0 spiro atoms. The van der Waals surface area contributed by atoms with Gasteiger partial charge in [-0.15, -0.1) is 0 Å². The molecule has 1 aromatic carbocycles. The summed E-state index contributed by atoms with van der Waals surface area (Å²) in [6.07, 6.45) is -3.71. The van der Waals surface area contributed by atoms with Gasteiger partial charge in [0.1, 0.15) is 17.0 Å². The Hall–Kier alpha value is -3.89. The fourth-order valence-electron chi connectivity index (χ4n) is 3.86. The van der Waals surface area contributed by atoms with Gasteiger partial charge in [0, 0.05) is 18.7 Å². The van der Waals surface area contributed by atoms with E-state index in [9.17, 15) is 22.8 Å². The Labute approximate surface area is 178 Å². The standard InChI is InChI=1S/C21H16F3N5O3/c1-10-13(19-27-15-12(32-19)8-5-9-25-18(15)30)20(31)29-17(26-10)14(11-6-3-2-4-7-11)16(28-29)21(22,23)24/h2-4,6-7,26H,5,8-9H2,1H3,(H,25,30). The SMILES string of the molecule is Cc1[nH]c2c(-c3ccccc3)c(C(F)(F)F)nn2c(=O)c1-c1nc2c(o1)CCCNC2=O. The van der Waals surface area contributed by atoms with Crippen molar-refractivity contribution >= 4 is 11.6 Å². The number of halogens is 3. The van der Waals surface area contributed by atoms with Crippen LogP contribution >= 0.6 is 0 Å². The van der Waals surface area contributed by atoms with Crippen molar-refractivity contribution in [3.8, 4) is 22.6 Å². The molecule has 4 heterocycles. The Morgan fingerprint density at radius 2 is 1.88 bits per heavy atom. The van der Waals surface area contributed by atoms with Crippen LogP contribution in [-0.4, -0.2) is 32.0 Å². The van der Waals surface area contributed by atoms with Crippen LogP contribution in [0.25, 0.3) is 28.2 Å². The number of carbonyl (C=O) groups excluding carboxylic acids is 1. The Morgan fingerprint density at radius 3 is 2.59 bits per heavy atom. The van der Waals surface area contributed by atoms with Crippen molar-refractivity contribution in [3.05, 3.63) is 63.5 Å². The van der Waals surface area contributed by atoms with Crippen LogP contribution < -0.4 is 10.9 Å². The minimum Gasteiger partial charge on any atom is -0.440 e. The zero-order valence-corrected chi connectivity index (χ0v) is 16.7. The van der Waals surface area contributed by atoms with E-state index in [0.29, 0.717) is 29.7 Å². The van der Waals surface area contributed by atoms with Gasteiger partial charge in [0.25, 0.3) is 11.5 Å². The molecule has 1 aliphatic heterocycles. The van der Waals surface area contributed by atoms with Crippen molar-refractivity contribution in [2.45, 2.75) is 25.9 Å². The van der Waals surface area contributed by atoms with Gasteiger partial charge in [0.15, 0.2) is 11.4 Å². The van der Waals surface area contributed by atoms with Gasteiger partial charge in [0.2, 0.25) is 5.89 Å². The van der Waals surface area contributed by atoms with Crippen LogP contribution in [0, 0.1) is 6.92 Å². The van der Waals surface area contributed by atoms with E-state index in [1.165, 1.54) is 19.1 Å². The number of aromatic amines is 1. The molecule has 0 bridgehead atoms. The van der Waals surface area contributed by atoms with Gasteiger partial charge in [-0.05, 0) is 18.9 Å².